The Morgan fingerprint density at radius 1 is 1.16 bits per heavy atom. The SMILES string of the molecule is N#Cc1nn(-c2cc(Cl)c(Oc3n[nH]c(=O)c4c3CCC(F)(F)C4)c(Cl)c2)c(=O)[nH]c1=O. The number of benzene rings is 1. The van der Waals surface area contributed by atoms with Crippen LogP contribution in [0.25, 0.3) is 5.69 Å². The summed E-state index contributed by atoms with van der Waals surface area (Å²) in [6.07, 6.45) is -1.38. The van der Waals surface area contributed by atoms with Gasteiger partial charge in [-0.05, 0) is 18.6 Å². The van der Waals surface area contributed by atoms with Crippen LogP contribution in [-0.2, 0) is 12.8 Å². The Morgan fingerprint density at radius 3 is 2.50 bits per heavy atom. The maximum absolute atomic E-state index is 13.7. The molecule has 2 heterocycles. The van der Waals surface area contributed by atoms with Crippen LogP contribution in [0.15, 0.2) is 26.5 Å². The molecule has 0 atom stereocenters. The smallest absolute Gasteiger partial charge is 0.349 e. The third-order valence-electron chi connectivity index (χ3n) is 4.69. The molecule has 2 N–H and O–H groups in total. The lowest BCUT2D eigenvalue weighted by atomic mass is 9.91. The van der Waals surface area contributed by atoms with Gasteiger partial charge in [0.05, 0.1) is 15.7 Å². The molecule has 0 bridgehead atoms. The van der Waals surface area contributed by atoms with Gasteiger partial charge >= 0.3 is 5.69 Å². The molecule has 0 saturated heterocycles. The van der Waals surface area contributed by atoms with E-state index in [4.69, 9.17) is 33.2 Å². The van der Waals surface area contributed by atoms with Crippen molar-refractivity contribution in [3.05, 3.63) is 70.2 Å². The van der Waals surface area contributed by atoms with Crippen LogP contribution < -0.4 is 21.5 Å². The molecule has 164 valence electrons. The van der Waals surface area contributed by atoms with Crippen LogP contribution in [0.1, 0.15) is 23.2 Å². The van der Waals surface area contributed by atoms with Gasteiger partial charge in [0.15, 0.2) is 5.75 Å². The maximum atomic E-state index is 13.7. The van der Waals surface area contributed by atoms with E-state index in [1.165, 1.54) is 12.1 Å². The lowest BCUT2D eigenvalue weighted by molar-refractivity contribution is -0.0130. The highest BCUT2D eigenvalue weighted by Gasteiger charge is 2.37. The zero-order valence-electron chi connectivity index (χ0n) is 15.7. The highest BCUT2D eigenvalue weighted by Crippen LogP contribution is 2.40. The number of hydrogen-bond acceptors (Lipinski definition) is 7. The number of ether oxygens (including phenoxy) is 1. The Kier molecular flexibility index (Phi) is 5.31. The molecule has 2 aromatic heterocycles. The molecule has 4 rings (SSSR count). The van der Waals surface area contributed by atoms with Gasteiger partial charge in [-0.1, -0.05) is 23.2 Å². The molecular weight excluding hydrogens is 473 g/mol. The summed E-state index contributed by atoms with van der Waals surface area (Å²) in [6.45, 7) is 0. The van der Waals surface area contributed by atoms with Crippen molar-refractivity contribution in [2.75, 3.05) is 0 Å². The summed E-state index contributed by atoms with van der Waals surface area (Å²) in [5, 5.41) is 18.3. The minimum Gasteiger partial charge on any atom is -0.434 e. The Balaban J connectivity index is 1.76. The first-order chi connectivity index (χ1) is 15.1. The summed E-state index contributed by atoms with van der Waals surface area (Å²) in [6, 6.07) is 4.00. The van der Waals surface area contributed by atoms with E-state index in [0.29, 0.717) is 4.68 Å². The van der Waals surface area contributed by atoms with E-state index in [1.54, 1.807) is 6.07 Å². The van der Waals surface area contributed by atoms with Gasteiger partial charge in [0.25, 0.3) is 17.0 Å². The fourth-order valence-corrected chi connectivity index (χ4v) is 3.75. The zero-order chi connectivity index (χ0) is 23.2. The van der Waals surface area contributed by atoms with Gasteiger partial charge in [0.1, 0.15) is 6.07 Å². The number of halogens is 4. The van der Waals surface area contributed by atoms with Crippen molar-refractivity contribution >= 4 is 23.2 Å². The van der Waals surface area contributed by atoms with Crippen LogP contribution in [0.4, 0.5) is 8.78 Å². The van der Waals surface area contributed by atoms with Crippen molar-refractivity contribution in [3.8, 4) is 23.4 Å². The van der Waals surface area contributed by atoms with E-state index in [9.17, 15) is 23.2 Å². The van der Waals surface area contributed by atoms with Crippen LogP contribution >= 0.6 is 23.2 Å². The molecule has 0 amide bonds. The van der Waals surface area contributed by atoms with Crippen molar-refractivity contribution < 1.29 is 13.5 Å². The second kappa shape index (κ2) is 7.85. The molecule has 0 radical (unpaired) electrons. The zero-order valence-corrected chi connectivity index (χ0v) is 17.2. The Bertz CT molecular complexity index is 1450. The molecule has 0 saturated carbocycles. The number of fused-ring (bicyclic) bond motifs is 1. The van der Waals surface area contributed by atoms with Crippen LogP contribution in [0, 0.1) is 11.3 Å². The molecule has 1 aliphatic rings. The normalized spacial score (nSPS) is 14.5. The standard InChI is InChI=1S/C18H10Cl2F2N6O4/c19-10-3-7(28-17(31)24-15(30)12(6-23)27-28)4-11(20)13(10)32-16-8-1-2-18(21,22)5-9(8)14(29)25-26-16/h3-4H,1-2,5H2,(H,25,29)(H,24,30,31). The molecule has 0 spiro atoms. The predicted molar refractivity (Wildman–Crippen MR) is 107 cm³/mol. The number of nitrogens with zero attached hydrogens (tertiary/aromatic N) is 4. The first kappa shape index (κ1) is 21.7. The molecule has 32 heavy (non-hydrogen) atoms. The second-order valence-corrected chi connectivity index (χ2v) is 7.63. The monoisotopic (exact) mass is 482 g/mol. The van der Waals surface area contributed by atoms with Gasteiger partial charge in [-0.3, -0.25) is 14.6 Å². The Hall–Kier alpha value is -3.56. The van der Waals surface area contributed by atoms with Crippen molar-refractivity contribution in [1.82, 2.24) is 25.0 Å². The molecule has 0 fully saturated rings. The van der Waals surface area contributed by atoms with E-state index < -0.39 is 41.3 Å². The summed E-state index contributed by atoms with van der Waals surface area (Å²) in [5.41, 5.74) is -3.09. The van der Waals surface area contributed by atoms with Crippen LogP contribution in [0.5, 0.6) is 11.6 Å². The fraction of sp³-hybridized carbons (Fsp3) is 0.222. The third kappa shape index (κ3) is 3.88. The van der Waals surface area contributed by atoms with E-state index in [-0.39, 0.29) is 44.9 Å². The van der Waals surface area contributed by atoms with Crippen LogP contribution in [0.2, 0.25) is 10.0 Å². The average Bonchev–Trinajstić information content (AvgIpc) is 2.72. The average molecular weight is 483 g/mol. The number of aromatic amines is 2. The molecule has 0 unspecified atom stereocenters. The number of aromatic nitrogens is 5. The van der Waals surface area contributed by atoms with Crippen molar-refractivity contribution in [2.45, 2.75) is 25.2 Å². The van der Waals surface area contributed by atoms with Gasteiger partial charge in [0, 0.05) is 24.0 Å². The minimum absolute atomic E-state index is 0.0150. The number of hydrogen-bond donors (Lipinski definition) is 2. The van der Waals surface area contributed by atoms with Crippen molar-refractivity contribution in [1.29, 1.82) is 5.26 Å². The molecule has 1 aromatic carbocycles. The fourth-order valence-electron chi connectivity index (χ4n) is 3.20. The number of nitrogens with one attached hydrogen (secondary N) is 2. The van der Waals surface area contributed by atoms with Crippen molar-refractivity contribution in [3.63, 3.8) is 0 Å². The van der Waals surface area contributed by atoms with Gasteiger partial charge in [-0.25, -0.2) is 18.7 Å². The van der Waals surface area contributed by atoms with Gasteiger partial charge in [-0.15, -0.1) is 10.2 Å². The molecule has 1 aliphatic carbocycles. The number of alkyl halides is 2. The summed E-state index contributed by atoms with van der Waals surface area (Å²) in [4.78, 5) is 37.5. The third-order valence-corrected chi connectivity index (χ3v) is 5.25. The summed E-state index contributed by atoms with van der Waals surface area (Å²) in [7, 11) is 0. The first-order valence-corrected chi connectivity index (χ1v) is 9.64. The minimum atomic E-state index is -3.02. The Labute approximate surface area is 186 Å². The van der Waals surface area contributed by atoms with E-state index in [0.717, 1.165) is 0 Å². The molecule has 0 aliphatic heterocycles. The van der Waals surface area contributed by atoms with Gasteiger partial charge < -0.3 is 4.74 Å². The largest absolute Gasteiger partial charge is 0.434 e. The molecular formula is C18H10Cl2F2N6O4. The lowest BCUT2D eigenvalue weighted by Gasteiger charge is -2.24. The van der Waals surface area contributed by atoms with Crippen LogP contribution in [0.3, 0.4) is 0 Å². The van der Waals surface area contributed by atoms with Crippen LogP contribution in [-0.4, -0.2) is 30.9 Å². The van der Waals surface area contributed by atoms with Gasteiger partial charge in [0.2, 0.25) is 11.6 Å². The summed E-state index contributed by atoms with van der Waals surface area (Å²) < 4.78 is 33.8. The van der Waals surface area contributed by atoms with E-state index >= 15 is 0 Å². The molecule has 10 nitrogen and oxygen atoms in total. The van der Waals surface area contributed by atoms with Gasteiger partial charge in [-0.2, -0.15) is 9.94 Å². The molecule has 14 heteroatoms. The number of nitriles is 1. The first-order valence-electron chi connectivity index (χ1n) is 8.89. The highest BCUT2D eigenvalue weighted by atomic mass is 35.5. The quantitative estimate of drug-likeness (QED) is 0.580. The van der Waals surface area contributed by atoms with E-state index in [2.05, 4.69) is 15.3 Å². The predicted octanol–water partition coefficient (Wildman–Crippen LogP) is 2.10. The Morgan fingerprint density at radius 2 is 1.84 bits per heavy atom. The maximum Gasteiger partial charge on any atom is 0.349 e. The van der Waals surface area contributed by atoms with Crippen molar-refractivity contribution in [2.24, 2.45) is 0 Å². The lowest BCUT2D eigenvalue weighted by Crippen LogP contribution is -2.33. The topological polar surface area (TPSA) is 147 Å². The number of rotatable bonds is 3. The van der Waals surface area contributed by atoms with E-state index in [1.807, 2.05) is 4.98 Å². The summed E-state index contributed by atoms with van der Waals surface area (Å²) in [5.74, 6) is -3.28. The molecule has 3 aromatic rings. The second-order valence-electron chi connectivity index (χ2n) is 6.82. The highest BCUT2D eigenvalue weighted by molar-refractivity contribution is 6.37. The number of H-pyrrole nitrogens is 2. The summed E-state index contributed by atoms with van der Waals surface area (Å²) >= 11 is 12.5.